The highest BCUT2D eigenvalue weighted by molar-refractivity contribution is 9.10. The standard InChI is InChI=1S/C11H12BrN3O/c1-7-11(12)8(2)15(14-7)10-3-4-13-9(5-10)6-16/h3-5,16H,6H2,1-2H3. The number of aliphatic hydroxyl groups excluding tert-OH is 1. The Kier molecular flexibility index (Phi) is 3.07. The largest absolute Gasteiger partial charge is 0.390 e. The molecule has 0 radical (unpaired) electrons. The van der Waals surface area contributed by atoms with Crippen molar-refractivity contribution in [3.63, 3.8) is 0 Å². The molecule has 0 fully saturated rings. The van der Waals surface area contributed by atoms with E-state index >= 15 is 0 Å². The molecule has 1 N–H and O–H groups in total. The van der Waals surface area contributed by atoms with Crippen LogP contribution in [0.5, 0.6) is 0 Å². The first-order valence-corrected chi connectivity index (χ1v) is 5.70. The lowest BCUT2D eigenvalue weighted by molar-refractivity contribution is 0.277. The molecule has 0 atom stereocenters. The van der Waals surface area contributed by atoms with Crippen molar-refractivity contribution in [2.24, 2.45) is 0 Å². The Morgan fingerprint density at radius 2 is 2.19 bits per heavy atom. The van der Waals surface area contributed by atoms with Crippen LogP contribution in [-0.2, 0) is 6.61 Å². The van der Waals surface area contributed by atoms with Gasteiger partial charge in [0.15, 0.2) is 0 Å². The molecule has 5 heteroatoms. The van der Waals surface area contributed by atoms with E-state index in [4.69, 9.17) is 5.11 Å². The van der Waals surface area contributed by atoms with Gasteiger partial charge in [-0.2, -0.15) is 5.10 Å². The molecule has 0 aromatic carbocycles. The average Bonchev–Trinajstić information content (AvgIpc) is 2.57. The topological polar surface area (TPSA) is 50.9 Å². The Balaban J connectivity index is 2.54. The second-order valence-electron chi connectivity index (χ2n) is 3.56. The molecule has 0 saturated carbocycles. The summed E-state index contributed by atoms with van der Waals surface area (Å²) < 4.78 is 2.84. The maximum absolute atomic E-state index is 9.04. The Hall–Kier alpha value is -1.20. The summed E-state index contributed by atoms with van der Waals surface area (Å²) in [5.74, 6) is 0. The molecular formula is C11H12BrN3O. The van der Waals surface area contributed by atoms with Gasteiger partial charge in [0.05, 0.1) is 33.8 Å². The zero-order valence-electron chi connectivity index (χ0n) is 9.11. The lowest BCUT2D eigenvalue weighted by Gasteiger charge is -2.05. The van der Waals surface area contributed by atoms with Gasteiger partial charge in [0, 0.05) is 6.20 Å². The molecule has 2 heterocycles. The Morgan fingerprint density at radius 1 is 1.44 bits per heavy atom. The smallest absolute Gasteiger partial charge is 0.0853 e. The molecule has 0 unspecified atom stereocenters. The Bertz CT molecular complexity index is 522. The zero-order valence-corrected chi connectivity index (χ0v) is 10.7. The highest BCUT2D eigenvalue weighted by Crippen LogP contribution is 2.22. The second-order valence-corrected chi connectivity index (χ2v) is 4.35. The van der Waals surface area contributed by atoms with Crippen LogP contribution in [-0.4, -0.2) is 19.9 Å². The molecule has 2 aromatic heterocycles. The lowest BCUT2D eigenvalue weighted by atomic mass is 10.3. The molecule has 0 aliphatic rings. The first-order chi connectivity index (χ1) is 7.63. The van der Waals surface area contributed by atoms with Crippen LogP contribution in [0.3, 0.4) is 0 Å². The van der Waals surface area contributed by atoms with Crippen LogP contribution in [0.1, 0.15) is 17.1 Å². The number of nitrogens with zero attached hydrogens (tertiary/aromatic N) is 3. The van der Waals surface area contributed by atoms with Gasteiger partial charge in [-0.3, -0.25) is 4.98 Å². The van der Waals surface area contributed by atoms with Crippen LogP contribution in [0, 0.1) is 13.8 Å². The maximum atomic E-state index is 9.04. The lowest BCUT2D eigenvalue weighted by Crippen LogP contribution is -2.01. The van der Waals surface area contributed by atoms with Gasteiger partial charge in [-0.1, -0.05) is 0 Å². The minimum atomic E-state index is -0.0612. The molecule has 0 bridgehead atoms. The summed E-state index contributed by atoms with van der Waals surface area (Å²) in [4.78, 5) is 4.04. The molecule has 16 heavy (non-hydrogen) atoms. The van der Waals surface area contributed by atoms with Crippen LogP contribution in [0.4, 0.5) is 0 Å². The highest BCUT2D eigenvalue weighted by atomic mass is 79.9. The molecule has 0 saturated heterocycles. The van der Waals surface area contributed by atoms with E-state index in [2.05, 4.69) is 26.0 Å². The van der Waals surface area contributed by atoms with Crippen molar-refractivity contribution in [1.82, 2.24) is 14.8 Å². The molecule has 84 valence electrons. The number of aryl methyl sites for hydroxylation is 1. The van der Waals surface area contributed by atoms with E-state index in [1.54, 1.807) is 6.20 Å². The van der Waals surface area contributed by atoms with Gasteiger partial charge in [-0.05, 0) is 41.9 Å². The fraction of sp³-hybridized carbons (Fsp3) is 0.273. The van der Waals surface area contributed by atoms with Crippen LogP contribution >= 0.6 is 15.9 Å². The first-order valence-electron chi connectivity index (χ1n) is 4.91. The predicted molar refractivity (Wildman–Crippen MR) is 64.5 cm³/mol. The summed E-state index contributed by atoms with van der Waals surface area (Å²) in [7, 11) is 0. The number of hydrogen-bond donors (Lipinski definition) is 1. The van der Waals surface area contributed by atoms with Crippen molar-refractivity contribution in [3.8, 4) is 5.69 Å². The van der Waals surface area contributed by atoms with Crippen LogP contribution in [0.2, 0.25) is 0 Å². The normalized spacial score (nSPS) is 10.8. The quantitative estimate of drug-likeness (QED) is 0.918. The number of pyridine rings is 1. The van der Waals surface area contributed by atoms with Crippen molar-refractivity contribution in [2.45, 2.75) is 20.5 Å². The van der Waals surface area contributed by atoms with Gasteiger partial charge in [-0.25, -0.2) is 4.68 Å². The van der Waals surface area contributed by atoms with Crippen molar-refractivity contribution in [3.05, 3.63) is 39.9 Å². The summed E-state index contributed by atoms with van der Waals surface area (Å²) in [6.07, 6.45) is 1.67. The molecule has 0 amide bonds. The molecular weight excluding hydrogens is 270 g/mol. The molecule has 0 spiro atoms. The van der Waals surface area contributed by atoms with E-state index < -0.39 is 0 Å². The molecule has 2 rings (SSSR count). The number of halogens is 1. The Labute approximate surface area is 102 Å². The fourth-order valence-electron chi connectivity index (χ4n) is 1.56. The minimum absolute atomic E-state index is 0.0612. The van der Waals surface area contributed by atoms with Crippen molar-refractivity contribution < 1.29 is 5.11 Å². The van der Waals surface area contributed by atoms with E-state index in [-0.39, 0.29) is 6.61 Å². The van der Waals surface area contributed by atoms with E-state index in [0.717, 1.165) is 21.5 Å². The predicted octanol–water partition coefficient (Wildman–Crippen LogP) is 2.14. The van der Waals surface area contributed by atoms with Crippen LogP contribution < -0.4 is 0 Å². The third-order valence-electron chi connectivity index (χ3n) is 2.41. The maximum Gasteiger partial charge on any atom is 0.0853 e. The summed E-state index contributed by atoms with van der Waals surface area (Å²) in [6.45, 7) is 3.87. The van der Waals surface area contributed by atoms with E-state index in [1.165, 1.54) is 0 Å². The van der Waals surface area contributed by atoms with E-state index in [0.29, 0.717) is 5.69 Å². The molecule has 0 aliphatic carbocycles. The second kappa shape index (κ2) is 4.35. The van der Waals surface area contributed by atoms with Crippen molar-refractivity contribution in [1.29, 1.82) is 0 Å². The van der Waals surface area contributed by atoms with Gasteiger partial charge < -0.3 is 5.11 Å². The third kappa shape index (κ3) is 1.88. The first kappa shape index (κ1) is 11.3. The number of aliphatic hydroxyl groups is 1. The van der Waals surface area contributed by atoms with Gasteiger partial charge in [0.25, 0.3) is 0 Å². The van der Waals surface area contributed by atoms with Crippen LogP contribution in [0.25, 0.3) is 5.69 Å². The molecule has 2 aromatic rings. The monoisotopic (exact) mass is 281 g/mol. The SMILES string of the molecule is Cc1nn(-c2ccnc(CO)c2)c(C)c1Br. The summed E-state index contributed by atoms with van der Waals surface area (Å²) in [5, 5.41) is 13.5. The number of hydrogen-bond acceptors (Lipinski definition) is 3. The average molecular weight is 282 g/mol. The van der Waals surface area contributed by atoms with Crippen LogP contribution in [0.15, 0.2) is 22.8 Å². The summed E-state index contributed by atoms with van der Waals surface area (Å²) >= 11 is 3.48. The van der Waals surface area contributed by atoms with E-state index in [9.17, 15) is 0 Å². The van der Waals surface area contributed by atoms with E-state index in [1.807, 2.05) is 30.7 Å². The zero-order chi connectivity index (χ0) is 11.7. The Morgan fingerprint density at radius 3 is 2.75 bits per heavy atom. The van der Waals surface area contributed by atoms with Gasteiger partial charge in [0.1, 0.15) is 0 Å². The highest BCUT2D eigenvalue weighted by Gasteiger charge is 2.10. The number of aromatic nitrogens is 3. The van der Waals surface area contributed by atoms with Gasteiger partial charge in [-0.15, -0.1) is 0 Å². The summed E-state index contributed by atoms with van der Waals surface area (Å²) in [5.41, 5.74) is 3.53. The molecule has 0 aliphatic heterocycles. The number of rotatable bonds is 2. The van der Waals surface area contributed by atoms with Crippen molar-refractivity contribution in [2.75, 3.05) is 0 Å². The summed E-state index contributed by atoms with van der Waals surface area (Å²) in [6, 6.07) is 3.69. The fourth-order valence-corrected chi connectivity index (χ4v) is 1.81. The third-order valence-corrected chi connectivity index (χ3v) is 3.56. The van der Waals surface area contributed by atoms with Crippen molar-refractivity contribution >= 4 is 15.9 Å². The molecule has 4 nitrogen and oxygen atoms in total. The van der Waals surface area contributed by atoms with Gasteiger partial charge >= 0.3 is 0 Å². The minimum Gasteiger partial charge on any atom is -0.390 e. The van der Waals surface area contributed by atoms with Gasteiger partial charge in [0.2, 0.25) is 0 Å².